The lowest BCUT2D eigenvalue weighted by Crippen LogP contribution is -3.00. The lowest BCUT2D eigenvalue weighted by atomic mass is 9.43. The van der Waals surface area contributed by atoms with Crippen LogP contribution in [-0.2, 0) is 57.0 Å². The SMILES string of the molecule is CC(=O)C(C)N.CC(=O)NC(C)C(=O)C[C@@H](CC1CCC1)B(O)O.CC(=O)NC(C)C(=O)C[C@@H](CC1CCC1)B1O[C@@H]2C[C@@H]3C[C@@H](C3(C)C)[C@]2(C)O1.CC(=O)NC(C)C(=O)O.CC1(C)[C@@H]2C[C@H]3OB([C@@H](N)CC4CCC4)O[C@@]3(C)[C@H]1C2.O=C([O-])C(F)(F)F.[Cl-]. The van der Waals surface area contributed by atoms with E-state index in [4.69, 9.17) is 45.1 Å². The van der Waals surface area contributed by atoms with Crippen LogP contribution in [-0.4, -0.2) is 143 Å². The van der Waals surface area contributed by atoms with Crippen LogP contribution in [0, 0.1) is 52.3 Å². The summed E-state index contributed by atoms with van der Waals surface area (Å²) in [6.07, 6.45) is 14.5. The van der Waals surface area contributed by atoms with Gasteiger partial charge in [0.15, 0.2) is 11.6 Å². The Bertz CT molecular complexity index is 2410. The van der Waals surface area contributed by atoms with E-state index in [-0.39, 0.29) is 109 Å². The number of amides is 3. The van der Waals surface area contributed by atoms with Crippen molar-refractivity contribution < 1.29 is 103 Å². The second-order valence-corrected chi connectivity index (χ2v) is 28.5. The zero-order chi connectivity index (χ0) is 66.8. The minimum atomic E-state index is -5.19. The Labute approximate surface area is 532 Å². The van der Waals surface area contributed by atoms with E-state index in [0.717, 1.165) is 56.3 Å². The van der Waals surface area contributed by atoms with Crippen LogP contribution in [0.15, 0.2) is 0 Å². The Morgan fingerprint density at radius 1 is 0.607 bits per heavy atom. The average molecular weight is 1290 g/mol. The van der Waals surface area contributed by atoms with Gasteiger partial charge in [0, 0.05) is 51.2 Å². The number of carboxylic acid groups (broad SMARTS) is 2. The van der Waals surface area contributed by atoms with Crippen molar-refractivity contribution >= 4 is 68.4 Å². The smallest absolute Gasteiger partial charge is 0.475 e. The van der Waals surface area contributed by atoms with Gasteiger partial charge in [0.25, 0.3) is 0 Å². The van der Waals surface area contributed by atoms with Crippen molar-refractivity contribution in [2.45, 2.75) is 284 Å². The van der Waals surface area contributed by atoms with Crippen molar-refractivity contribution in [1.82, 2.24) is 16.0 Å². The number of ketones is 3. The molecule has 89 heavy (non-hydrogen) atoms. The molecule has 0 aromatic heterocycles. The maximum Gasteiger partial charge on any atom is 0.475 e. The molecule has 11 rings (SSSR count). The number of hydrogen-bond acceptors (Lipinski definition) is 17. The predicted molar refractivity (Wildman–Crippen MR) is 324 cm³/mol. The maximum atomic E-state index is 12.8. The van der Waals surface area contributed by atoms with Crippen LogP contribution in [0.3, 0.4) is 0 Å². The summed E-state index contributed by atoms with van der Waals surface area (Å²) in [6, 6.07) is -2.09. The summed E-state index contributed by atoms with van der Waals surface area (Å²) in [6.45, 7) is 26.1. The molecule has 11 aliphatic rings. The molecule has 11 fully saturated rings. The van der Waals surface area contributed by atoms with Crippen LogP contribution in [0.2, 0.25) is 11.6 Å². The van der Waals surface area contributed by atoms with Gasteiger partial charge >= 0.3 is 33.5 Å². The number of hydrogen-bond donors (Lipinski definition) is 8. The lowest BCUT2D eigenvalue weighted by molar-refractivity contribution is -0.344. The summed E-state index contributed by atoms with van der Waals surface area (Å²) >= 11 is 0. The van der Waals surface area contributed by atoms with Gasteiger partial charge in [0.1, 0.15) is 17.8 Å². The zero-order valence-corrected chi connectivity index (χ0v) is 55.8. The first-order valence-electron chi connectivity index (χ1n) is 32.0. The molecule has 0 spiro atoms. The van der Waals surface area contributed by atoms with E-state index in [0.29, 0.717) is 47.3 Å². The minimum Gasteiger partial charge on any atom is -1.00 e. The van der Waals surface area contributed by atoms with Gasteiger partial charge in [-0.05, 0) is 146 Å². The van der Waals surface area contributed by atoms with Gasteiger partial charge in [-0.2, -0.15) is 13.2 Å². The second kappa shape index (κ2) is 33.4. The Morgan fingerprint density at radius 2 is 0.955 bits per heavy atom. The summed E-state index contributed by atoms with van der Waals surface area (Å²) in [4.78, 5) is 85.8. The van der Waals surface area contributed by atoms with E-state index in [9.17, 15) is 56.8 Å². The van der Waals surface area contributed by atoms with Crippen molar-refractivity contribution in [3.63, 3.8) is 0 Å². The standard InChI is InChI=1S/C22H36BNO4.C16H28BNO2.C12H22BNO4.C5H9NO3.C4H9NO.C2HF3O2.ClH/c1-13(24-14(2)25)18(26)12-17(9-15-7-6-8-15)23-27-20-11-16-10-19(21(16,3)4)22(20,5)28-23;1-15(2)11-8-12(15)16(3)13(9-11)19-17(20-16)14(18)7-10-5-4-6-10;1-8(14-9(2)15)12(16)7-11(13(17)18)6-10-4-3-5-10;1-3(5(8)9)6-4(2)7;1-3(5)4(2)6;3-2(4,5)1(6)7;/h13,15-17,19-20H,6-12H2,1-5H3,(H,24,25);10-14H,4-9,18H2,1-3H3;8,10-11,17-18H,3-7H2,1-2H3,(H,14,15);3H,1-2H3,(H,6,7)(H,8,9);3H,5H2,1-2H3;(H,6,7);1H/p-2/t13?,16-,17+,19-,20+,22-;11-,12-,13+,14-,16-;8?,11-;;;;/m001..../s1. The van der Waals surface area contributed by atoms with Gasteiger partial charge in [-0.25, -0.2) is 0 Å². The average Bonchev–Trinajstić information content (AvgIpc) is 1.69. The molecule has 4 unspecified atom stereocenters. The van der Waals surface area contributed by atoms with Crippen molar-refractivity contribution in [2.24, 2.45) is 63.7 Å². The molecule has 4 bridgehead atoms. The molecule has 2 saturated heterocycles. The first-order valence-corrected chi connectivity index (χ1v) is 32.0. The normalized spacial score (nSPS) is 29.4. The molecule has 9 aliphatic carbocycles. The molecule has 9 saturated carbocycles. The number of aliphatic carboxylic acids is 2. The molecule has 10 N–H and O–H groups in total. The number of Topliss-reactive ketones (excluding diaryl/α,β-unsaturated/α-hetero) is 3. The van der Waals surface area contributed by atoms with Gasteiger partial charge in [-0.15, -0.1) is 0 Å². The quantitative estimate of drug-likeness (QED) is 0.0813. The number of alkyl halides is 3. The maximum absolute atomic E-state index is 12.8. The van der Waals surface area contributed by atoms with Crippen molar-refractivity contribution in [3.05, 3.63) is 0 Å². The number of carbonyl (C=O) groups excluding carboxylic acids is 7. The van der Waals surface area contributed by atoms with Crippen LogP contribution in [0.25, 0.3) is 0 Å². The summed E-state index contributed by atoms with van der Waals surface area (Å²) < 4.78 is 57.4. The van der Waals surface area contributed by atoms with E-state index in [1.165, 1.54) is 92.4 Å². The van der Waals surface area contributed by atoms with E-state index < -0.39 is 49.2 Å². The summed E-state index contributed by atoms with van der Waals surface area (Å²) in [5.74, 6) is -0.358. The molecule has 508 valence electrons. The third-order valence-corrected chi connectivity index (χ3v) is 21.0. The van der Waals surface area contributed by atoms with E-state index in [1.807, 2.05) is 0 Å². The van der Waals surface area contributed by atoms with Gasteiger partial charge in [-0.3, -0.25) is 33.6 Å². The summed E-state index contributed by atoms with van der Waals surface area (Å²) in [5, 5.41) is 43.1. The highest BCUT2D eigenvalue weighted by Gasteiger charge is 2.70. The molecule has 0 aromatic rings. The first kappa shape index (κ1) is 79.6. The number of carboxylic acids is 2. The van der Waals surface area contributed by atoms with Gasteiger partial charge in [-0.1, -0.05) is 85.5 Å². The summed E-state index contributed by atoms with van der Waals surface area (Å²) in [7, 11) is -1.92. The van der Waals surface area contributed by atoms with E-state index in [1.54, 1.807) is 20.8 Å². The largest absolute Gasteiger partial charge is 1.00 e. The third kappa shape index (κ3) is 21.7. The fourth-order valence-electron chi connectivity index (χ4n) is 14.3. The molecular formula is C61H104B3ClF3N5O16-2. The van der Waals surface area contributed by atoms with Crippen LogP contribution in [0.1, 0.15) is 213 Å². The number of rotatable bonds is 20. The first-order chi connectivity index (χ1) is 40.5. The molecule has 3 amide bonds. The lowest BCUT2D eigenvalue weighted by Gasteiger charge is -2.64. The Kier molecular flexibility index (Phi) is 29.9. The highest BCUT2D eigenvalue weighted by molar-refractivity contribution is 6.48. The number of carbonyl (C=O) groups is 8. The molecule has 0 radical (unpaired) electrons. The Balaban J connectivity index is 0.000000302. The number of nitrogens with one attached hydrogen (secondary N) is 3. The Morgan fingerprint density at radius 3 is 1.27 bits per heavy atom. The topological polar surface area (TPSA) is 345 Å². The molecule has 21 nitrogen and oxygen atoms in total. The van der Waals surface area contributed by atoms with Crippen LogP contribution in [0.4, 0.5) is 13.2 Å². The monoisotopic (exact) mass is 1290 g/mol. The molecule has 15 atom stereocenters. The number of halogens is 4. The predicted octanol–water partition coefficient (Wildman–Crippen LogP) is 2.85. The van der Waals surface area contributed by atoms with E-state index in [2.05, 4.69) is 57.5 Å². The molecular weight excluding hydrogens is 1180 g/mol. The molecule has 28 heteroatoms. The summed E-state index contributed by atoms with van der Waals surface area (Å²) in [5.41, 5.74) is 11.9. The highest BCUT2D eigenvalue weighted by Crippen LogP contribution is 2.67. The Hall–Kier alpha value is -3.69. The fourth-order valence-corrected chi connectivity index (χ4v) is 14.3. The van der Waals surface area contributed by atoms with E-state index >= 15 is 0 Å². The second-order valence-electron chi connectivity index (χ2n) is 28.5. The van der Waals surface area contributed by atoms with Crippen molar-refractivity contribution in [3.8, 4) is 0 Å². The molecule has 2 aliphatic heterocycles. The highest BCUT2D eigenvalue weighted by atomic mass is 35.5. The zero-order valence-electron chi connectivity index (χ0n) is 55.0. The molecule has 0 aromatic carbocycles. The van der Waals surface area contributed by atoms with Crippen LogP contribution >= 0.6 is 0 Å². The fraction of sp³-hybridized carbons (Fsp3) is 0.869. The van der Waals surface area contributed by atoms with Gasteiger partial charge in [0.2, 0.25) is 17.7 Å². The minimum absolute atomic E-state index is 0. The molecule has 2 heterocycles. The van der Waals surface area contributed by atoms with Crippen LogP contribution < -0.4 is 44.9 Å². The van der Waals surface area contributed by atoms with Crippen LogP contribution in [0.5, 0.6) is 0 Å². The van der Waals surface area contributed by atoms with Crippen molar-refractivity contribution in [1.29, 1.82) is 0 Å². The number of nitrogens with two attached hydrogens (primary N) is 2. The van der Waals surface area contributed by atoms with Crippen molar-refractivity contribution in [2.75, 3.05) is 0 Å². The van der Waals surface area contributed by atoms with Gasteiger partial charge < -0.3 is 83.5 Å². The van der Waals surface area contributed by atoms with Gasteiger partial charge in [0.05, 0.1) is 41.5 Å². The third-order valence-electron chi connectivity index (χ3n) is 21.0.